The minimum Gasteiger partial charge on any atom is -0.481 e. The van der Waals surface area contributed by atoms with Crippen LogP contribution >= 0.6 is 0 Å². The van der Waals surface area contributed by atoms with Crippen LogP contribution in [0.15, 0.2) is 0 Å². The third kappa shape index (κ3) is 29.9. The van der Waals surface area contributed by atoms with Crippen LogP contribution in [0, 0.1) is 0 Å². The van der Waals surface area contributed by atoms with Crippen molar-refractivity contribution in [2.75, 3.05) is 6.61 Å². The second kappa shape index (κ2) is 24.9. The van der Waals surface area contributed by atoms with Gasteiger partial charge in [-0.2, -0.15) is 0 Å². The van der Waals surface area contributed by atoms with E-state index in [1.165, 1.54) is 70.6 Å². The lowest BCUT2D eigenvalue weighted by Crippen LogP contribution is -2.05. The topological polar surface area (TPSA) is 63.6 Å². The van der Waals surface area contributed by atoms with Crippen LogP contribution in [-0.4, -0.2) is 23.7 Å². The van der Waals surface area contributed by atoms with Crippen LogP contribution in [0.25, 0.3) is 0 Å². The van der Waals surface area contributed by atoms with Gasteiger partial charge in [-0.3, -0.25) is 9.59 Å². The maximum absolute atomic E-state index is 11.3. The Hall–Kier alpha value is -1.06. The van der Waals surface area contributed by atoms with Crippen LogP contribution in [0.1, 0.15) is 130 Å². The van der Waals surface area contributed by atoms with E-state index in [0.29, 0.717) is 19.4 Å². The fourth-order valence-electron chi connectivity index (χ4n) is 2.72. The Labute approximate surface area is 168 Å². The standard InChI is InChI=1S/C15H30O2.C8H16O2/c1-3-5-7-9-11-13-15(16)17-14-12-10-8-6-4-2;1-2-3-4-5-6-7-8(9)10/h3-14H2,1-2H3;2-7H2,1H3,(H,9,10). The number of rotatable bonds is 18. The number of carboxylic acid groups (broad SMARTS) is 1. The van der Waals surface area contributed by atoms with Gasteiger partial charge < -0.3 is 9.84 Å². The second-order valence-electron chi connectivity index (χ2n) is 7.36. The largest absolute Gasteiger partial charge is 0.481 e. The molecular weight excluding hydrogens is 340 g/mol. The Kier molecular flexibility index (Phi) is 26.0. The molecule has 4 nitrogen and oxygen atoms in total. The second-order valence-corrected chi connectivity index (χ2v) is 7.36. The van der Waals surface area contributed by atoms with E-state index in [0.717, 1.165) is 25.7 Å². The van der Waals surface area contributed by atoms with Gasteiger partial charge in [-0.15, -0.1) is 0 Å². The van der Waals surface area contributed by atoms with Crippen molar-refractivity contribution in [3.05, 3.63) is 0 Å². The molecule has 0 radical (unpaired) electrons. The van der Waals surface area contributed by atoms with Gasteiger partial charge in [0.05, 0.1) is 6.61 Å². The first kappa shape index (κ1) is 28.2. The number of ether oxygens (including phenoxy) is 1. The fraction of sp³-hybridized carbons (Fsp3) is 0.913. The third-order valence-corrected chi connectivity index (χ3v) is 4.49. The number of carbonyl (C=O) groups excluding carboxylic acids is 1. The zero-order valence-electron chi connectivity index (χ0n) is 18.4. The molecule has 27 heavy (non-hydrogen) atoms. The van der Waals surface area contributed by atoms with Gasteiger partial charge >= 0.3 is 11.9 Å². The minimum atomic E-state index is -0.670. The minimum absolute atomic E-state index is 0.00279. The lowest BCUT2D eigenvalue weighted by atomic mass is 10.1. The molecule has 0 bridgehead atoms. The molecule has 0 spiro atoms. The highest BCUT2D eigenvalue weighted by Gasteiger charge is 2.01. The number of hydrogen-bond donors (Lipinski definition) is 1. The Bertz CT molecular complexity index is 316. The molecule has 0 aromatic heterocycles. The number of aliphatic carboxylic acids is 1. The number of carboxylic acids is 1. The molecule has 0 rings (SSSR count). The van der Waals surface area contributed by atoms with Crippen LogP contribution in [0.4, 0.5) is 0 Å². The molecule has 0 atom stereocenters. The van der Waals surface area contributed by atoms with E-state index in [1.807, 2.05) is 0 Å². The van der Waals surface area contributed by atoms with Gasteiger partial charge in [0.25, 0.3) is 0 Å². The lowest BCUT2D eigenvalue weighted by molar-refractivity contribution is -0.144. The van der Waals surface area contributed by atoms with Gasteiger partial charge in [0.15, 0.2) is 0 Å². The zero-order chi connectivity index (χ0) is 20.6. The van der Waals surface area contributed by atoms with Crippen molar-refractivity contribution in [2.24, 2.45) is 0 Å². The van der Waals surface area contributed by atoms with E-state index in [9.17, 15) is 9.59 Å². The van der Waals surface area contributed by atoms with Crippen molar-refractivity contribution in [3.8, 4) is 0 Å². The van der Waals surface area contributed by atoms with Crippen LogP contribution in [0.3, 0.4) is 0 Å². The summed E-state index contributed by atoms with van der Waals surface area (Å²) in [5.41, 5.74) is 0. The smallest absolute Gasteiger partial charge is 0.305 e. The molecule has 4 heteroatoms. The summed E-state index contributed by atoms with van der Waals surface area (Å²) in [6.07, 6.45) is 18.5. The first-order valence-electron chi connectivity index (χ1n) is 11.5. The Morgan fingerprint density at radius 3 is 1.44 bits per heavy atom. The summed E-state index contributed by atoms with van der Waals surface area (Å²) in [5.74, 6) is -0.673. The molecular formula is C23H46O4. The van der Waals surface area contributed by atoms with Crippen LogP contribution in [-0.2, 0) is 14.3 Å². The molecule has 0 amide bonds. The van der Waals surface area contributed by atoms with E-state index < -0.39 is 5.97 Å². The summed E-state index contributed by atoms with van der Waals surface area (Å²) < 4.78 is 5.19. The first-order valence-corrected chi connectivity index (χ1v) is 11.5. The summed E-state index contributed by atoms with van der Waals surface area (Å²) in [6.45, 7) is 7.18. The molecule has 0 aliphatic heterocycles. The molecule has 0 aromatic carbocycles. The van der Waals surface area contributed by atoms with Crippen LogP contribution < -0.4 is 0 Å². The van der Waals surface area contributed by atoms with Crippen molar-refractivity contribution >= 4 is 11.9 Å². The summed E-state index contributed by atoms with van der Waals surface area (Å²) in [4.78, 5) is 21.4. The fourth-order valence-corrected chi connectivity index (χ4v) is 2.72. The molecule has 0 fully saturated rings. The van der Waals surface area contributed by atoms with Crippen molar-refractivity contribution in [1.29, 1.82) is 0 Å². The van der Waals surface area contributed by atoms with E-state index >= 15 is 0 Å². The van der Waals surface area contributed by atoms with Gasteiger partial charge in [-0.05, 0) is 19.3 Å². The quantitative estimate of drug-likeness (QED) is 0.198. The third-order valence-electron chi connectivity index (χ3n) is 4.49. The number of unbranched alkanes of at least 4 members (excludes halogenated alkanes) is 12. The lowest BCUT2D eigenvalue weighted by Gasteiger charge is -2.04. The van der Waals surface area contributed by atoms with Crippen molar-refractivity contribution < 1.29 is 19.4 Å². The Morgan fingerprint density at radius 1 is 0.593 bits per heavy atom. The average Bonchev–Trinajstić information content (AvgIpc) is 2.64. The monoisotopic (exact) mass is 386 g/mol. The molecule has 162 valence electrons. The Balaban J connectivity index is 0. The molecule has 0 saturated heterocycles. The van der Waals surface area contributed by atoms with Gasteiger partial charge in [0.2, 0.25) is 0 Å². The molecule has 0 saturated carbocycles. The normalized spacial score (nSPS) is 10.2. The van der Waals surface area contributed by atoms with E-state index in [1.54, 1.807) is 0 Å². The molecule has 0 aliphatic carbocycles. The van der Waals surface area contributed by atoms with Gasteiger partial charge in [-0.1, -0.05) is 97.8 Å². The van der Waals surface area contributed by atoms with Crippen molar-refractivity contribution in [1.82, 2.24) is 0 Å². The van der Waals surface area contributed by atoms with Crippen LogP contribution in [0.2, 0.25) is 0 Å². The SMILES string of the molecule is CCCCCCCC(=O)O.CCCCCCCOC(=O)CCCCCCC. The predicted molar refractivity (Wildman–Crippen MR) is 114 cm³/mol. The van der Waals surface area contributed by atoms with E-state index in [2.05, 4.69) is 20.8 Å². The summed E-state index contributed by atoms with van der Waals surface area (Å²) in [7, 11) is 0. The molecule has 0 aliphatic rings. The highest BCUT2D eigenvalue weighted by atomic mass is 16.5. The van der Waals surface area contributed by atoms with Gasteiger partial charge in [-0.25, -0.2) is 0 Å². The first-order chi connectivity index (χ1) is 13.1. The molecule has 0 unspecified atom stereocenters. The average molecular weight is 387 g/mol. The van der Waals surface area contributed by atoms with E-state index in [4.69, 9.17) is 9.84 Å². The van der Waals surface area contributed by atoms with E-state index in [-0.39, 0.29) is 5.97 Å². The van der Waals surface area contributed by atoms with Crippen molar-refractivity contribution in [2.45, 2.75) is 130 Å². The maximum Gasteiger partial charge on any atom is 0.305 e. The molecule has 1 N–H and O–H groups in total. The van der Waals surface area contributed by atoms with Gasteiger partial charge in [0.1, 0.15) is 0 Å². The maximum atomic E-state index is 11.3. The highest BCUT2D eigenvalue weighted by molar-refractivity contribution is 5.69. The number of carbonyl (C=O) groups is 2. The number of hydrogen-bond acceptors (Lipinski definition) is 3. The summed E-state index contributed by atoms with van der Waals surface area (Å²) in [5, 5.41) is 8.27. The molecule has 0 heterocycles. The zero-order valence-corrected chi connectivity index (χ0v) is 18.4. The molecule has 0 aromatic rings. The Morgan fingerprint density at radius 2 is 1.00 bits per heavy atom. The van der Waals surface area contributed by atoms with Crippen molar-refractivity contribution in [3.63, 3.8) is 0 Å². The summed E-state index contributed by atoms with van der Waals surface area (Å²) >= 11 is 0. The summed E-state index contributed by atoms with van der Waals surface area (Å²) in [6, 6.07) is 0. The van der Waals surface area contributed by atoms with Crippen LogP contribution in [0.5, 0.6) is 0 Å². The highest BCUT2D eigenvalue weighted by Crippen LogP contribution is 2.07. The number of esters is 1. The van der Waals surface area contributed by atoms with Gasteiger partial charge in [0, 0.05) is 12.8 Å². The predicted octanol–water partition coefficient (Wildman–Crippen LogP) is 7.29.